The molecule has 0 fully saturated rings. The van der Waals surface area contributed by atoms with E-state index in [1.54, 1.807) is 30.6 Å². The van der Waals surface area contributed by atoms with E-state index in [4.69, 9.17) is 0 Å². The maximum Gasteiger partial charge on any atom is 0.387 e. The van der Waals surface area contributed by atoms with E-state index in [2.05, 4.69) is 32.2 Å². The predicted octanol–water partition coefficient (Wildman–Crippen LogP) is 3.55. The van der Waals surface area contributed by atoms with Gasteiger partial charge in [0.2, 0.25) is 0 Å². The van der Waals surface area contributed by atoms with E-state index in [-0.39, 0.29) is 29.7 Å². The van der Waals surface area contributed by atoms with Crippen LogP contribution in [0.25, 0.3) is 0 Å². The van der Waals surface area contributed by atoms with Crippen molar-refractivity contribution in [3.8, 4) is 5.75 Å². The van der Waals surface area contributed by atoms with Gasteiger partial charge in [0, 0.05) is 39.6 Å². The van der Waals surface area contributed by atoms with Crippen molar-refractivity contribution in [1.82, 2.24) is 25.0 Å². The van der Waals surface area contributed by atoms with Crippen LogP contribution >= 0.6 is 24.0 Å². The highest BCUT2D eigenvalue weighted by atomic mass is 127. The van der Waals surface area contributed by atoms with E-state index in [0.717, 1.165) is 43.3 Å². The summed E-state index contributed by atoms with van der Waals surface area (Å²) < 4.78 is 30.9. The van der Waals surface area contributed by atoms with Gasteiger partial charge in [-0.05, 0) is 24.1 Å². The van der Waals surface area contributed by atoms with E-state index < -0.39 is 6.61 Å². The fraction of sp³-hybridized carbons (Fsp3) is 0.526. The molecule has 29 heavy (non-hydrogen) atoms. The second-order valence-electron chi connectivity index (χ2n) is 6.30. The zero-order valence-electron chi connectivity index (χ0n) is 17.0. The molecule has 0 amide bonds. The topological polar surface area (TPSA) is 67.6 Å². The first-order valence-corrected chi connectivity index (χ1v) is 9.43. The van der Waals surface area contributed by atoms with Gasteiger partial charge in [-0.2, -0.15) is 8.78 Å². The van der Waals surface area contributed by atoms with Crippen LogP contribution in [0.3, 0.4) is 0 Å². The van der Waals surface area contributed by atoms with Crippen LogP contribution < -0.4 is 10.1 Å². The summed E-state index contributed by atoms with van der Waals surface area (Å²) in [5.74, 6) is 1.90. The summed E-state index contributed by atoms with van der Waals surface area (Å²) >= 11 is 0. The largest absolute Gasteiger partial charge is 0.435 e. The number of aryl methyl sites for hydroxylation is 1. The quantitative estimate of drug-likeness (QED) is 0.294. The minimum atomic E-state index is -2.82. The molecule has 0 saturated carbocycles. The Morgan fingerprint density at radius 3 is 2.62 bits per heavy atom. The lowest BCUT2D eigenvalue weighted by Crippen LogP contribution is -2.40. The molecule has 0 saturated heterocycles. The van der Waals surface area contributed by atoms with Gasteiger partial charge < -0.3 is 19.5 Å². The molecule has 0 bridgehead atoms. The number of aromatic nitrogens is 3. The summed E-state index contributed by atoms with van der Waals surface area (Å²) in [6, 6.07) is 6.64. The molecule has 1 aromatic heterocycles. The van der Waals surface area contributed by atoms with Crippen LogP contribution in [0.2, 0.25) is 0 Å². The molecule has 0 spiro atoms. The van der Waals surface area contributed by atoms with Gasteiger partial charge in [-0.25, -0.2) is 0 Å². The zero-order chi connectivity index (χ0) is 20.4. The predicted molar refractivity (Wildman–Crippen MR) is 120 cm³/mol. The number of alkyl halides is 2. The molecule has 2 rings (SSSR count). The Bertz CT molecular complexity index is 739. The van der Waals surface area contributed by atoms with E-state index in [9.17, 15) is 8.78 Å². The smallest absolute Gasteiger partial charge is 0.387 e. The van der Waals surface area contributed by atoms with Gasteiger partial charge in [-0.15, -0.1) is 34.2 Å². The Kier molecular flexibility index (Phi) is 11.5. The Hall–Kier alpha value is -1.98. The zero-order valence-corrected chi connectivity index (χ0v) is 19.3. The third kappa shape index (κ3) is 8.50. The first kappa shape index (κ1) is 25.1. The average Bonchev–Trinajstić information content (AvgIpc) is 3.13. The number of halogens is 3. The molecule has 0 aliphatic carbocycles. The van der Waals surface area contributed by atoms with Crippen molar-refractivity contribution in [2.45, 2.75) is 46.4 Å². The van der Waals surface area contributed by atoms with Crippen LogP contribution in [0.4, 0.5) is 8.78 Å². The van der Waals surface area contributed by atoms with Crippen molar-refractivity contribution in [1.29, 1.82) is 0 Å². The molecule has 2 aromatic rings. The molecule has 0 radical (unpaired) electrons. The Balaban J connectivity index is 0.00000420. The highest BCUT2D eigenvalue weighted by Gasteiger charge is 2.09. The number of nitrogens with zero attached hydrogens (tertiary/aromatic N) is 5. The number of nitrogens with one attached hydrogen (secondary N) is 1. The minimum Gasteiger partial charge on any atom is -0.435 e. The maximum absolute atomic E-state index is 12.3. The van der Waals surface area contributed by atoms with Gasteiger partial charge >= 0.3 is 6.61 Å². The van der Waals surface area contributed by atoms with Crippen LogP contribution in [-0.4, -0.2) is 52.4 Å². The van der Waals surface area contributed by atoms with Crippen LogP contribution in [0.1, 0.15) is 31.7 Å². The second kappa shape index (κ2) is 13.3. The number of hydrogen-bond donors (Lipinski definition) is 1. The number of ether oxygens (including phenoxy) is 1. The van der Waals surface area contributed by atoms with Crippen molar-refractivity contribution in [2.24, 2.45) is 4.99 Å². The van der Waals surface area contributed by atoms with E-state index in [1.807, 2.05) is 23.4 Å². The van der Waals surface area contributed by atoms with Crippen LogP contribution in [0, 0.1) is 0 Å². The SMILES string of the molecule is CCCN=C(NCCn1cnnc1CC)N(C)Cc1ccc(OC(F)F)cc1.I. The van der Waals surface area contributed by atoms with Crippen molar-refractivity contribution in [3.63, 3.8) is 0 Å². The molecule has 10 heteroatoms. The summed E-state index contributed by atoms with van der Waals surface area (Å²) in [4.78, 5) is 6.63. The molecule has 1 heterocycles. The van der Waals surface area contributed by atoms with Gasteiger partial charge in [0.1, 0.15) is 17.9 Å². The number of hydrogen-bond acceptors (Lipinski definition) is 4. The van der Waals surface area contributed by atoms with Gasteiger partial charge in [0.05, 0.1) is 0 Å². The van der Waals surface area contributed by atoms with Gasteiger partial charge in [0.25, 0.3) is 0 Å². The first-order valence-electron chi connectivity index (χ1n) is 9.43. The van der Waals surface area contributed by atoms with Crippen molar-refractivity contribution in [3.05, 3.63) is 42.0 Å². The fourth-order valence-corrected chi connectivity index (χ4v) is 2.68. The summed E-state index contributed by atoms with van der Waals surface area (Å²) in [5.41, 5.74) is 0.974. The molecule has 7 nitrogen and oxygen atoms in total. The van der Waals surface area contributed by atoms with Crippen LogP contribution in [-0.2, 0) is 19.5 Å². The van der Waals surface area contributed by atoms with Gasteiger partial charge in [0.15, 0.2) is 5.96 Å². The normalized spacial score (nSPS) is 11.3. The molecule has 0 unspecified atom stereocenters. The molecule has 162 valence electrons. The third-order valence-corrected chi connectivity index (χ3v) is 4.06. The molecule has 0 aliphatic rings. The van der Waals surface area contributed by atoms with Crippen molar-refractivity contribution in [2.75, 3.05) is 20.1 Å². The van der Waals surface area contributed by atoms with E-state index in [0.29, 0.717) is 13.1 Å². The Morgan fingerprint density at radius 2 is 2.00 bits per heavy atom. The Labute approximate surface area is 187 Å². The molecule has 0 atom stereocenters. The highest BCUT2D eigenvalue weighted by molar-refractivity contribution is 14.0. The number of guanidine groups is 1. The number of benzene rings is 1. The first-order chi connectivity index (χ1) is 13.5. The second-order valence-corrected chi connectivity index (χ2v) is 6.30. The lowest BCUT2D eigenvalue weighted by Gasteiger charge is -2.23. The molecular weight excluding hydrogens is 493 g/mol. The lowest BCUT2D eigenvalue weighted by molar-refractivity contribution is -0.0498. The average molecular weight is 522 g/mol. The van der Waals surface area contributed by atoms with Crippen LogP contribution in [0.15, 0.2) is 35.6 Å². The standard InChI is InChI=1S/C19H28F2N6O.HI/c1-4-10-22-19(23-11-12-27-14-24-25-17(27)5-2)26(3)13-15-6-8-16(9-7-15)28-18(20)21;/h6-9,14,18H,4-5,10-13H2,1-3H3,(H,22,23);1H. The van der Waals surface area contributed by atoms with Crippen molar-refractivity contribution < 1.29 is 13.5 Å². The maximum atomic E-state index is 12.3. The molecular formula is C19H29F2IN6O. The monoisotopic (exact) mass is 522 g/mol. The van der Waals surface area contributed by atoms with Crippen molar-refractivity contribution >= 4 is 29.9 Å². The summed E-state index contributed by atoms with van der Waals surface area (Å²) in [7, 11) is 1.95. The van der Waals surface area contributed by atoms with E-state index in [1.165, 1.54) is 0 Å². The van der Waals surface area contributed by atoms with Gasteiger partial charge in [-0.1, -0.05) is 26.0 Å². The highest BCUT2D eigenvalue weighted by Crippen LogP contribution is 2.15. The van der Waals surface area contributed by atoms with Crippen LogP contribution in [0.5, 0.6) is 5.75 Å². The number of rotatable bonds is 10. The fourth-order valence-electron chi connectivity index (χ4n) is 2.68. The lowest BCUT2D eigenvalue weighted by atomic mass is 10.2. The minimum absolute atomic E-state index is 0. The van der Waals surface area contributed by atoms with Gasteiger partial charge in [-0.3, -0.25) is 4.99 Å². The molecule has 0 aliphatic heterocycles. The summed E-state index contributed by atoms with van der Waals surface area (Å²) in [6.07, 6.45) is 3.52. The molecule has 1 aromatic carbocycles. The molecule has 1 N–H and O–H groups in total. The third-order valence-electron chi connectivity index (χ3n) is 4.06. The summed E-state index contributed by atoms with van der Waals surface area (Å²) in [5, 5.41) is 11.4. The summed E-state index contributed by atoms with van der Waals surface area (Å²) in [6.45, 7) is 4.07. The number of aliphatic imine (C=N–C) groups is 1. The Morgan fingerprint density at radius 1 is 1.28 bits per heavy atom. The van der Waals surface area contributed by atoms with E-state index >= 15 is 0 Å².